The molecule has 108 heavy (non-hydrogen) atoms. The second-order valence-electron chi connectivity index (χ2n) is 26.2. The summed E-state index contributed by atoms with van der Waals surface area (Å²) in [6, 6.07) is 0. The molecular formula is C89H142O17P2. The number of rotatable bonds is 74. The van der Waals surface area contributed by atoms with Crippen LogP contribution in [0.3, 0.4) is 0 Å². The molecule has 17 nitrogen and oxygen atoms in total. The van der Waals surface area contributed by atoms with Crippen LogP contribution in [-0.2, 0) is 65.4 Å². The van der Waals surface area contributed by atoms with Crippen LogP contribution in [0, 0.1) is 0 Å². The Balaban J connectivity index is 5.52. The zero-order valence-corrected chi connectivity index (χ0v) is 68.5. The minimum atomic E-state index is -5.01. The molecule has 0 fully saturated rings. The second kappa shape index (κ2) is 79.0. The Labute approximate surface area is 653 Å². The summed E-state index contributed by atoms with van der Waals surface area (Å²) < 4.78 is 68.5. The van der Waals surface area contributed by atoms with Crippen molar-refractivity contribution in [2.24, 2.45) is 0 Å². The van der Waals surface area contributed by atoms with E-state index in [2.05, 4.69) is 204 Å². The van der Waals surface area contributed by atoms with Crippen LogP contribution >= 0.6 is 15.6 Å². The number of phosphoric ester groups is 2. The zero-order valence-electron chi connectivity index (χ0n) is 66.7. The molecule has 0 saturated heterocycles. The van der Waals surface area contributed by atoms with Crippen molar-refractivity contribution < 1.29 is 80.2 Å². The van der Waals surface area contributed by atoms with Gasteiger partial charge in [-0.25, -0.2) is 9.13 Å². The second-order valence-corrected chi connectivity index (χ2v) is 29.1. The number of ether oxygens (including phenoxy) is 4. The van der Waals surface area contributed by atoms with Gasteiger partial charge in [0.1, 0.15) is 19.3 Å². The van der Waals surface area contributed by atoms with E-state index in [1.807, 2.05) is 18.2 Å². The Kier molecular flexibility index (Phi) is 74.5. The van der Waals surface area contributed by atoms with Gasteiger partial charge >= 0.3 is 39.5 Å². The van der Waals surface area contributed by atoms with E-state index >= 15 is 0 Å². The van der Waals surface area contributed by atoms with Gasteiger partial charge in [0.2, 0.25) is 0 Å². The van der Waals surface area contributed by atoms with Crippen molar-refractivity contribution in [3.63, 3.8) is 0 Å². The molecule has 0 rings (SSSR count). The Morgan fingerprint density at radius 3 is 0.815 bits per heavy atom. The fraction of sp³-hybridized carbons (Fsp3) is 0.596. The molecule has 0 aliphatic heterocycles. The summed E-state index contributed by atoms with van der Waals surface area (Å²) in [7, 11) is -10.0. The van der Waals surface area contributed by atoms with E-state index in [0.717, 1.165) is 180 Å². The summed E-state index contributed by atoms with van der Waals surface area (Å²) in [5, 5.41) is 10.7. The Bertz CT molecular complexity index is 2810. The van der Waals surface area contributed by atoms with Gasteiger partial charge < -0.3 is 33.8 Å². The van der Waals surface area contributed by atoms with Crippen molar-refractivity contribution in [1.82, 2.24) is 0 Å². The quantitative estimate of drug-likeness (QED) is 0.0169. The van der Waals surface area contributed by atoms with Crippen LogP contribution in [0.4, 0.5) is 0 Å². The molecule has 0 spiro atoms. The lowest BCUT2D eigenvalue weighted by molar-refractivity contribution is -0.161. The number of allylic oxidation sites excluding steroid dienone is 32. The van der Waals surface area contributed by atoms with Crippen LogP contribution in [0.15, 0.2) is 194 Å². The van der Waals surface area contributed by atoms with Crippen LogP contribution in [0.25, 0.3) is 0 Å². The number of unbranched alkanes of at least 4 members (excludes halogenated alkanes) is 16. The van der Waals surface area contributed by atoms with Gasteiger partial charge in [0.25, 0.3) is 0 Å². The van der Waals surface area contributed by atoms with Crippen LogP contribution in [0.5, 0.6) is 0 Å². The Hall–Kier alpha value is -6.10. The molecule has 5 atom stereocenters. The Morgan fingerprint density at radius 2 is 0.500 bits per heavy atom. The lowest BCUT2D eigenvalue weighted by Gasteiger charge is -2.21. The predicted molar refractivity (Wildman–Crippen MR) is 445 cm³/mol. The molecule has 0 bridgehead atoms. The number of esters is 4. The molecule has 0 aromatic heterocycles. The molecule has 0 aromatic carbocycles. The first kappa shape index (κ1) is 102. The first-order valence-corrected chi connectivity index (χ1v) is 43.7. The maximum Gasteiger partial charge on any atom is 0.472 e. The number of aliphatic hydroxyl groups excluding tert-OH is 1. The topological polar surface area (TPSA) is 237 Å². The van der Waals surface area contributed by atoms with E-state index in [4.69, 9.17) is 37.0 Å². The summed E-state index contributed by atoms with van der Waals surface area (Å²) in [5.41, 5.74) is 0. The lowest BCUT2D eigenvalue weighted by Crippen LogP contribution is -2.30. The monoisotopic (exact) mass is 1540 g/mol. The molecule has 19 heteroatoms. The molecule has 5 unspecified atom stereocenters. The van der Waals surface area contributed by atoms with Crippen LogP contribution in [0.1, 0.15) is 285 Å². The zero-order chi connectivity index (χ0) is 78.9. The molecule has 0 radical (unpaired) electrons. The van der Waals surface area contributed by atoms with Crippen molar-refractivity contribution in [3.8, 4) is 0 Å². The number of carbonyl (C=O) groups excluding carboxylic acids is 4. The Morgan fingerprint density at radius 1 is 0.269 bits per heavy atom. The SMILES string of the molecule is CC/C=C\C/C=C\C/C=C\C/C=C\C/C=C\C/C=C\CCC(=O)OCC(COP(=O)(O)OCC(O)COP(=O)(O)OCC(COC(=O)CCCC/C=C\C/C=C\C/C=C\C/C=C\CC)OC(=O)CCCCCCC/C=C\C/C=C\CCCCC)OC(=O)CCCCCCCC/C=C\C/C=C\C/C=C\C/C=C\CC. The van der Waals surface area contributed by atoms with Gasteiger partial charge in [0, 0.05) is 25.7 Å². The number of phosphoric acid groups is 2. The van der Waals surface area contributed by atoms with Crippen LogP contribution in [-0.4, -0.2) is 96.7 Å². The number of hydrogen-bond acceptors (Lipinski definition) is 15. The predicted octanol–water partition coefficient (Wildman–Crippen LogP) is 24.1. The molecule has 0 heterocycles. The van der Waals surface area contributed by atoms with Gasteiger partial charge in [0.15, 0.2) is 12.2 Å². The fourth-order valence-electron chi connectivity index (χ4n) is 9.96. The van der Waals surface area contributed by atoms with Crippen molar-refractivity contribution in [1.29, 1.82) is 0 Å². The van der Waals surface area contributed by atoms with Gasteiger partial charge in [-0.05, 0) is 173 Å². The van der Waals surface area contributed by atoms with Crippen molar-refractivity contribution >= 4 is 39.5 Å². The average molecular weight is 1550 g/mol. The molecule has 0 aromatic rings. The number of aliphatic hydroxyl groups is 1. The molecule has 610 valence electrons. The van der Waals surface area contributed by atoms with Crippen molar-refractivity contribution in [3.05, 3.63) is 194 Å². The molecular weight excluding hydrogens is 1400 g/mol. The summed E-state index contributed by atoms with van der Waals surface area (Å²) in [4.78, 5) is 73.1. The summed E-state index contributed by atoms with van der Waals surface area (Å²) in [5.74, 6) is -2.37. The van der Waals surface area contributed by atoms with Gasteiger partial charge in [0.05, 0.1) is 26.4 Å². The molecule has 0 saturated carbocycles. The van der Waals surface area contributed by atoms with E-state index in [-0.39, 0.29) is 25.7 Å². The highest BCUT2D eigenvalue weighted by molar-refractivity contribution is 7.47. The number of carbonyl (C=O) groups is 4. The van der Waals surface area contributed by atoms with E-state index < -0.39 is 97.5 Å². The third-order valence-corrected chi connectivity index (χ3v) is 17.9. The van der Waals surface area contributed by atoms with Crippen molar-refractivity contribution in [2.45, 2.75) is 303 Å². The third kappa shape index (κ3) is 78.0. The fourth-order valence-corrected chi connectivity index (χ4v) is 11.5. The van der Waals surface area contributed by atoms with Gasteiger partial charge in [-0.2, -0.15) is 0 Å². The average Bonchev–Trinajstić information content (AvgIpc) is 0.896. The van der Waals surface area contributed by atoms with Crippen LogP contribution in [0.2, 0.25) is 0 Å². The summed E-state index contributed by atoms with van der Waals surface area (Å²) in [6.45, 7) is 4.32. The van der Waals surface area contributed by atoms with Gasteiger partial charge in [-0.3, -0.25) is 37.3 Å². The molecule has 0 amide bonds. The number of hydrogen-bond donors (Lipinski definition) is 3. The standard InChI is InChI=1S/C89H142O17P2/c1-5-9-13-17-21-25-29-33-37-39-41-43-47-50-54-58-62-66-70-74-87(92)100-80-85(106-89(94)76-72-68-64-60-56-52-48-44-42-40-38-34-30-26-22-18-14-10-6-2)82-104-108(97,98)102-78-83(90)77-101-107(95,96)103-81-84(105-88(93)75-71-67-63-59-55-51-46-36-32-28-24-20-16-12-8-4)79-99-86(91)73-69-65-61-57-53-49-45-35-31-27-23-19-15-11-7-3/h9-11,13-15,21-28,33-38,41-46,50,53-54,57,62,66,83-85,90H,5-8,12,16-20,29-32,39-40,47-49,51-52,55-56,58-61,63-65,67-82H2,1-4H3,(H,95,96)(H,97,98)/b13-9-,14-10-,15-11-,25-21-,26-22-,27-23-,28-24-,37-33-,38-34-,43-41-,44-42-,45-35-,46-36-,54-50-,57-53-,66-62-. The highest BCUT2D eigenvalue weighted by Gasteiger charge is 2.30. The van der Waals surface area contributed by atoms with E-state index in [1.165, 1.54) is 19.3 Å². The lowest BCUT2D eigenvalue weighted by atomic mass is 10.1. The minimum Gasteiger partial charge on any atom is -0.462 e. The smallest absolute Gasteiger partial charge is 0.462 e. The van der Waals surface area contributed by atoms with Gasteiger partial charge in [-0.15, -0.1) is 0 Å². The van der Waals surface area contributed by atoms with E-state index in [0.29, 0.717) is 32.1 Å². The highest BCUT2D eigenvalue weighted by Crippen LogP contribution is 2.45. The largest absolute Gasteiger partial charge is 0.472 e. The van der Waals surface area contributed by atoms with E-state index in [9.17, 15) is 43.2 Å². The third-order valence-electron chi connectivity index (χ3n) is 16.0. The van der Waals surface area contributed by atoms with E-state index in [1.54, 1.807) is 0 Å². The molecule has 0 aliphatic carbocycles. The maximum atomic E-state index is 13.1. The summed E-state index contributed by atoms with van der Waals surface area (Å²) >= 11 is 0. The highest BCUT2D eigenvalue weighted by atomic mass is 31.2. The van der Waals surface area contributed by atoms with Crippen molar-refractivity contribution in [2.75, 3.05) is 39.6 Å². The van der Waals surface area contributed by atoms with Crippen LogP contribution < -0.4 is 0 Å². The first-order chi connectivity index (χ1) is 52.7. The normalized spacial score (nSPS) is 14.8. The molecule has 0 aliphatic rings. The summed E-state index contributed by atoms with van der Waals surface area (Å²) in [6.07, 6.45) is 97.1. The molecule has 3 N–H and O–H groups in total. The maximum absolute atomic E-state index is 13.1. The first-order valence-electron chi connectivity index (χ1n) is 40.7. The minimum absolute atomic E-state index is 0.0239. The van der Waals surface area contributed by atoms with Gasteiger partial charge in [-0.1, -0.05) is 280 Å².